The molecule has 3 amide bonds. The van der Waals surface area contributed by atoms with E-state index in [2.05, 4.69) is 12.2 Å². The molecule has 0 aliphatic rings. The average Bonchev–Trinajstić information content (AvgIpc) is 2.79. The number of amides is 3. The van der Waals surface area contributed by atoms with Gasteiger partial charge in [-0.05, 0) is 18.4 Å². The van der Waals surface area contributed by atoms with Crippen molar-refractivity contribution in [2.24, 2.45) is 5.92 Å². The van der Waals surface area contributed by atoms with E-state index in [9.17, 15) is 19.5 Å². The number of rotatable bonds is 17. The molecule has 0 bridgehead atoms. The standard InChI is InChI=1S/C26H42N2O4/c1-3-4-5-6-7-8-9-10-11-15-18-23(21-24(29)30)25(31)28(26(32)27-2)20-19-22-16-13-12-14-17-22/h12-14,16-17,23H,3-11,15,18-21H2,1-2H3,(H,27,32)(H,29,30). The maximum atomic E-state index is 13.1. The minimum absolute atomic E-state index is 0.233. The van der Waals surface area contributed by atoms with Crippen molar-refractivity contribution in [3.63, 3.8) is 0 Å². The van der Waals surface area contributed by atoms with Gasteiger partial charge in [-0.25, -0.2) is 4.79 Å². The van der Waals surface area contributed by atoms with Crippen molar-refractivity contribution in [3.05, 3.63) is 35.9 Å². The van der Waals surface area contributed by atoms with Gasteiger partial charge >= 0.3 is 12.0 Å². The topological polar surface area (TPSA) is 86.7 Å². The normalized spacial score (nSPS) is 11.7. The molecule has 0 aromatic heterocycles. The van der Waals surface area contributed by atoms with Crippen molar-refractivity contribution in [2.75, 3.05) is 13.6 Å². The van der Waals surface area contributed by atoms with Gasteiger partial charge in [0.15, 0.2) is 0 Å². The lowest BCUT2D eigenvalue weighted by atomic mass is 9.95. The van der Waals surface area contributed by atoms with Crippen LogP contribution < -0.4 is 5.32 Å². The van der Waals surface area contributed by atoms with E-state index in [0.29, 0.717) is 12.8 Å². The van der Waals surface area contributed by atoms with E-state index in [0.717, 1.165) is 24.8 Å². The summed E-state index contributed by atoms with van der Waals surface area (Å²) >= 11 is 0. The Morgan fingerprint density at radius 3 is 2.00 bits per heavy atom. The molecule has 0 saturated carbocycles. The monoisotopic (exact) mass is 446 g/mol. The molecule has 180 valence electrons. The maximum Gasteiger partial charge on any atom is 0.323 e. The Bertz CT molecular complexity index is 663. The molecule has 1 atom stereocenters. The van der Waals surface area contributed by atoms with Gasteiger partial charge < -0.3 is 10.4 Å². The number of carboxylic acids is 1. The highest BCUT2D eigenvalue weighted by atomic mass is 16.4. The number of carboxylic acid groups (broad SMARTS) is 1. The molecular weight excluding hydrogens is 404 g/mol. The molecule has 1 unspecified atom stereocenters. The summed E-state index contributed by atoms with van der Waals surface area (Å²) in [5.74, 6) is -2.07. The van der Waals surface area contributed by atoms with E-state index in [4.69, 9.17) is 0 Å². The smallest absolute Gasteiger partial charge is 0.323 e. The first kappa shape index (κ1) is 27.7. The van der Waals surface area contributed by atoms with Crippen molar-refractivity contribution in [1.82, 2.24) is 10.2 Å². The molecule has 2 N–H and O–H groups in total. The van der Waals surface area contributed by atoms with E-state index >= 15 is 0 Å². The van der Waals surface area contributed by atoms with Gasteiger partial charge in [-0.2, -0.15) is 0 Å². The highest BCUT2D eigenvalue weighted by Gasteiger charge is 2.29. The van der Waals surface area contributed by atoms with E-state index in [1.54, 1.807) is 0 Å². The van der Waals surface area contributed by atoms with Crippen LogP contribution in [-0.4, -0.2) is 41.5 Å². The van der Waals surface area contributed by atoms with Crippen LogP contribution in [0.25, 0.3) is 0 Å². The summed E-state index contributed by atoms with van der Waals surface area (Å²) in [5.41, 5.74) is 1.03. The van der Waals surface area contributed by atoms with Crippen LogP contribution in [-0.2, 0) is 16.0 Å². The first-order chi connectivity index (χ1) is 15.5. The van der Waals surface area contributed by atoms with Gasteiger partial charge in [-0.3, -0.25) is 14.5 Å². The molecule has 0 aliphatic heterocycles. The highest BCUT2D eigenvalue weighted by Crippen LogP contribution is 2.19. The lowest BCUT2D eigenvalue weighted by molar-refractivity contribution is -0.143. The Morgan fingerprint density at radius 2 is 1.47 bits per heavy atom. The predicted octanol–water partition coefficient (Wildman–Crippen LogP) is 5.80. The lowest BCUT2D eigenvalue weighted by Gasteiger charge is -2.25. The van der Waals surface area contributed by atoms with Gasteiger partial charge in [0.25, 0.3) is 0 Å². The van der Waals surface area contributed by atoms with E-state index in [1.165, 1.54) is 56.9 Å². The molecule has 0 heterocycles. The molecule has 0 fully saturated rings. The Balaban J connectivity index is 2.52. The Kier molecular flexibility index (Phi) is 14.9. The molecule has 0 saturated heterocycles. The van der Waals surface area contributed by atoms with Crippen LogP contribution in [0.5, 0.6) is 0 Å². The highest BCUT2D eigenvalue weighted by molar-refractivity contribution is 5.96. The zero-order valence-electron chi connectivity index (χ0n) is 20.0. The number of carbonyl (C=O) groups is 3. The fourth-order valence-electron chi connectivity index (χ4n) is 3.95. The minimum atomic E-state index is -1.00. The summed E-state index contributed by atoms with van der Waals surface area (Å²) in [7, 11) is 1.49. The molecule has 1 rings (SSSR count). The first-order valence-electron chi connectivity index (χ1n) is 12.3. The Morgan fingerprint density at radius 1 is 0.906 bits per heavy atom. The lowest BCUT2D eigenvalue weighted by Crippen LogP contribution is -2.46. The number of nitrogens with zero attached hydrogens (tertiary/aromatic N) is 1. The number of hydrogen-bond donors (Lipinski definition) is 2. The van der Waals surface area contributed by atoms with E-state index < -0.39 is 23.8 Å². The minimum Gasteiger partial charge on any atom is -0.481 e. The third-order valence-corrected chi connectivity index (χ3v) is 5.87. The van der Waals surface area contributed by atoms with Gasteiger partial charge in [0.1, 0.15) is 0 Å². The van der Waals surface area contributed by atoms with Crippen LogP contribution in [0, 0.1) is 5.92 Å². The molecular formula is C26H42N2O4. The summed E-state index contributed by atoms with van der Waals surface area (Å²) in [6.07, 6.45) is 12.6. The van der Waals surface area contributed by atoms with Gasteiger partial charge in [0.2, 0.25) is 5.91 Å². The number of aliphatic carboxylic acids is 1. The fraction of sp³-hybridized carbons (Fsp3) is 0.654. The largest absolute Gasteiger partial charge is 0.481 e. The number of nitrogens with one attached hydrogen (secondary N) is 1. The van der Waals surface area contributed by atoms with E-state index in [-0.39, 0.29) is 13.0 Å². The van der Waals surface area contributed by atoms with Crippen LogP contribution >= 0.6 is 0 Å². The SMILES string of the molecule is CCCCCCCCCCCCC(CC(=O)O)C(=O)N(CCc1ccccc1)C(=O)NC. The second-order valence-corrected chi connectivity index (χ2v) is 8.55. The zero-order valence-corrected chi connectivity index (χ0v) is 20.0. The molecule has 6 heteroatoms. The predicted molar refractivity (Wildman–Crippen MR) is 129 cm³/mol. The maximum absolute atomic E-state index is 13.1. The fourth-order valence-corrected chi connectivity index (χ4v) is 3.95. The summed E-state index contributed by atoms with van der Waals surface area (Å²) < 4.78 is 0. The van der Waals surface area contributed by atoms with Gasteiger partial charge in [0, 0.05) is 19.5 Å². The number of unbranched alkanes of at least 4 members (excludes halogenated alkanes) is 9. The van der Waals surface area contributed by atoms with Gasteiger partial charge in [-0.1, -0.05) is 101 Å². The molecule has 0 aliphatic carbocycles. The zero-order chi connectivity index (χ0) is 23.6. The van der Waals surface area contributed by atoms with Crippen molar-refractivity contribution < 1.29 is 19.5 Å². The number of imide groups is 1. The third kappa shape index (κ3) is 11.9. The van der Waals surface area contributed by atoms with Crippen LogP contribution in [0.4, 0.5) is 4.79 Å². The summed E-state index contributed by atoms with van der Waals surface area (Å²) in [5, 5.41) is 11.8. The van der Waals surface area contributed by atoms with Crippen LogP contribution in [0.2, 0.25) is 0 Å². The third-order valence-electron chi connectivity index (χ3n) is 5.87. The quantitative estimate of drug-likeness (QED) is 0.296. The van der Waals surface area contributed by atoms with Crippen molar-refractivity contribution in [2.45, 2.75) is 90.4 Å². The summed E-state index contributed by atoms with van der Waals surface area (Å²) in [4.78, 5) is 38.0. The number of hydrogen-bond acceptors (Lipinski definition) is 3. The number of urea groups is 1. The molecule has 1 aromatic carbocycles. The number of carbonyl (C=O) groups excluding carboxylic acids is 2. The van der Waals surface area contributed by atoms with E-state index in [1.807, 2.05) is 30.3 Å². The van der Waals surface area contributed by atoms with Crippen molar-refractivity contribution >= 4 is 17.9 Å². The molecule has 32 heavy (non-hydrogen) atoms. The number of benzene rings is 1. The molecule has 0 spiro atoms. The molecule has 0 radical (unpaired) electrons. The van der Waals surface area contributed by atoms with Gasteiger partial charge in [0.05, 0.1) is 6.42 Å². The van der Waals surface area contributed by atoms with Crippen molar-refractivity contribution in [3.8, 4) is 0 Å². The van der Waals surface area contributed by atoms with Crippen LogP contribution in [0.1, 0.15) is 89.5 Å². The second-order valence-electron chi connectivity index (χ2n) is 8.55. The molecule has 6 nitrogen and oxygen atoms in total. The molecule has 1 aromatic rings. The Labute approximate surface area is 193 Å². The van der Waals surface area contributed by atoms with Crippen molar-refractivity contribution in [1.29, 1.82) is 0 Å². The second kappa shape index (κ2) is 17.2. The van der Waals surface area contributed by atoms with Crippen LogP contribution in [0.3, 0.4) is 0 Å². The first-order valence-corrected chi connectivity index (χ1v) is 12.3. The van der Waals surface area contributed by atoms with Crippen LogP contribution in [0.15, 0.2) is 30.3 Å². The summed E-state index contributed by atoms with van der Waals surface area (Å²) in [6, 6.07) is 9.17. The Hall–Kier alpha value is -2.37. The summed E-state index contributed by atoms with van der Waals surface area (Å²) in [6.45, 7) is 2.45. The van der Waals surface area contributed by atoms with Gasteiger partial charge in [-0.15, -0.1) is 0 Å². The average molecular weight is 447 g/mol.